The van der Waals surface area contributed by atoms with Crippen molar-refractivity contribution in [2.75, 3.05) is 11.6 Å². The highest BCUT2D eigenvalue weighted by Crippen LogP contribution is 2.27. The first-order chi connectivity index (χ1) is 15.6. The third kappa shape index (κ3) is 5.12. The molecule has 170 valence electrons. The molecule has 3 aromatic carbocycles. The Bertz CT molecular complexity index is 1430. The fraction of sp³-hybridized carbons (Fsp3) is 0.200. The number of benzene rings is 3. The van der Waals surface area contributed by atoms with Gasteiger partial charge in [0.15, 0.2) is 15.4 Å². The number of nitrogens with one attached hydrogen (secondary N) is 1. The lowest BCUT2D eigenvalue weighted by Crippen LogP contribution is -2.23. The predicted molar refractivity (Wildman–Crippen MR) is 125 cm³/mol. The molecule has 4 aromatic rings. The highest BCUT2D eigenvalue weighted by molar-refractivity contribution is 7.90. The SMILES string of the molecule is Cc1cc(C)c2oc(NC(=O)C(Cc3ccc(F)cc3)c3ccc(S(C)(=O)=O)cc3)nc2c1. The highest BCUT2D eigenvalue weighted by Gasteiger charge is 2.24. The summed E-state index contributed by atoms with van der Waals surface area (Å²) in [5.41, 5.74) is 4.57. The summed E-state index contributed by atoms with van der Waals surface area (Å²) in [4.78, 5) is 17.8. The second kappa shape index (κ2) is 8.78. The number of halogens is 1. The Morgan fingerprint density at radius 3 is 2.36 bits per heavy atom. The number of sulfone groups is 1. The average Bonchev–Trinajstić information content (AvgIpc) is 3.15. The minimum Gasteiger partial charge on any atom is -0.423 e. The van der Waals surface area contributed by atoms with E-state index in [-0.39, 0.29) is 29.1 Å². The lowest BCUT2D eigenvalue weighted by atomic mass is 9.91. The lowest BCUT2D eigenvalue weighted by Gasteiger charge is -2.17. The molecule has 1 unspecified atom stereocenters. The lowest BCUT2D eigenvalue weighted by molar-refractivity contribution is -0.117. The molecular weight excluding hydrogens is 443 g/mol. The molecule has 0 radical (unpaired) electrons. The smallest absolute Gasteiger partial charge is 0.302 e. The van der Waals surface area contributed by atoms with Gasteiger partial charge in [0, 0.05) is 6.26 Å². The van der Waals surface area contributed by atoms with E-state index in [0.29, 0.717) is 16.7 Å². The van der Waals surface area contributed by atoms with Crippen molar-refractivity contribution in [1.82, 2.24) is 4.98 Å². The molecule has 0 aliphatic heterocycles. The van der Waals surface area contributed by atoms with Crippen LogP contribution in [0.4, 0.5) is 10.4 Å². The third-order valence-electron chi connectivity index (χ3n) is 5.43. The Morgan fingerprint density at radius 2 is 1.73 bits per heavy atom. The van der Waals surface area contributed by atoms with Gasteiger partial charge in [0.1, 0.15) is 11.3 Å². The zero-order valence-corrected chi connectivity index (χ0v) is 19.2. The number of nitrogens with zero attached hydrogens (tertiary/aromatic N) is 1. The topological polar surface area (TPSA) is 89.3 Å². The Kier molecular flexibility index (Phi) is 6.03. The number of rotatable bonds is 6. The van der Waals surface area contributed by atoms with Gasteiger partial charge >= 0.3 is 6.01 Å². The Morgan fingerprint density at radius 1 is 1.06 bits per heavy atom. The molecule has 1 amide bonds. The van der Waals surface area contributed by atoms with Crippen molar-refractivity contribution in [3.63, 3.8) is 0 Å². The summed E-state index contributed by atoms with van der Waals surface area (Å²) >= 11 is 0. The molecule has 0 saturated heterocycles. The molecule has 1 atom stereocenters. The molecule has 8 heteroatoms. The van der Waals surface area contributed by atoms with Gasteiger partial charge < -0.3 is 4.42 Å². The van der Waals surface area contributed by atoms with E-state index in [2.05, 4.69) is 10.3 Å². The van der Waals surface area contributed by atoms with Crippen LogP contribution in [0.2, 0.25) is 0 Å². The maximum atomic E-state index is 13.4. The number of anilines is 1. The maximum absolute atomic E-state index is 13.4. The molecule has 1 heterocycles. The van der Waals surface area contributed by atoms with E-state index in [4.69, 9.17) is 4.42 Å². The van der Waals surface area contributed by atoms with Crippen molar-refractivity contribution in [3.05, 3.63) is 88.7 Å². The van der Waals surface area contributed by atoms with E-state index in [1.165, 1.54) is 24.3 Å². The van der Waals surface area contributed by atoms with E-state index >= 15 is 0 Å². The van der Waals surface area contributed by atoms with E-state index in [1.54, 1.807) is 24.3 Å². The highest BCUT2D eigenvalue weighted by atomic mass is 32.2. The maximum Gasteiger partial charge on any atom is 0.302 e. The molecule has 0 bridgehead atoms. The van der Waals surface area contributed by atoms with Gasteiger partial charge in [-0.3, -0.25) is 10.1 Å². The number of aromatic nitrogens is 1. The first-order valence-electron chi connectivity index (χ1n) is 10.3. The monoisotopic (exact) mass is 466 g/mol. The van der Waals surface area contributed by atoms with E-state index in [9.17, 15) is 17.6 Å². The van der Waals surface area contributed by atoms with Crippen LogP contribution in [0.15, 0.2) is 70.0 Å². The summed E-state index contributed by atoms with van der Waals surface area (Å²) in [5, 5.41) is 2.74. The quantitative estimate of drug-likeness (QED) is 0.434. The van der Waals surface area contributed by atoms with Gasteiger partial charge in [0.25, 0.3) is 0 Å². The number of hydrogen-bond acceptors (Lipinski definition) is 5. The number of carbonyl (C=O) groups excluding carboxylic acids is 1. The molecule has 1 N–H and O–H groups in total. The minimum absolute atomic E-state index is 0.0839. The van der Waals surface area contributed by atoms with Crippen LogP contribution in [-0.4, -0.2) is 25.6 Å². The summed E-state index contributed by atoms with van der Waals surface area (Å²) in [5.74, 6) is -1.41. The fourth-order valence-electron chi connectivity index (χ4n) is 3.79. The zero-order valence-electron chi connectivity index (χ0n) is 18.4. The minimum atomic E-state index is -3.37. The van der Waals surface area contributed by atoms with Crippen molar-refractivity contribution in [3.8, 4) is 0 Å². The average molecular weight is 467 g/mol. The molecule has 4 rings (SSSR count). The largest absolute Gasteiger partial charge is 0.423 e. The number of fused-ring (bicyclic) bond motifs is 1. The Labute approximate surface area is 191 Å². The first kappa shape index (κ1) is 22.7. The van der Waals surface area contributed by atoms with Crippen LogP contribution in [0.1, 0.15) is 28.2 Å². The van der Waals surface area contributed by atoms with Crippen molar-refractivity contribution in [1.29, 1.82) is 0 Å². The molecule has 1 aromatic heterocycles. The van der Waals surface area contributed by atoms with Crippen LogP contribution in [0, 0.1) is 19.7 Å². The van der Waals surface area contributed by atoms with Crippen molar-refractivity contribution in [2.45, 2.75) is 31.1 Å². The molecule has 6 nitrogen and oxygen atoms in total. The molecule has 0 aliphatic carbocycles. The summed E-state index contributed by atoms with van der Waals surface area (Å²) in [7, 11) is -3.37. The van der Waals surface area contributed by atoms with Crippen LogP contribution < -0.4 is 5.32 Å². The third-order valence-corrected chi connectivity index (χ3v) is 6.56. The molecule has 0 saturated carbocycles. The second-order valence-electron chi connectivity index (χ2n) is 8.16. The number of aryl methyl sites for hydroxylation is 2. The van der Waals surface area contributed by atoms with E-state index < -0.39 is 15.8 Å². The first-order valence-corrected chi connectivity index (χ1v) is 12.2. The fourth-order valence-corrected chi connectivity index (χ4v) is 4.42. The number of hydrogen-bond donors (Lipinski definition) is 1. The molecule has 0 spiro atoms. The van der Waals surface area contributed by atoms with Gasteiger partial charge in [-0.1, -0.05) is 30.3 Å². The predicted octanol–water partition coefficient (Wildman–Crippen LogP) is 4.95. The molecule has 0 aliphatic rings. The van der Waals surface area contributed by atoms with Gasteiger partial charge in [-0.15, -0.1) is 0 Å². The molecule has 33 heavy (non-hydrogen) atoms. The van der Waals surface area contributed by atoms with E-state index in [0.717, 1.165) is 22.9 Å². The molecular formula is C25H23FN2O4S. The second-order valence-corrected chi connectivity index (χ2v) is 10.2. The number of oxazole rings is 1. The van der Waals surface area contributed by atoms with Gasteiger partial charge in [0.05, 0.1) is 10.8 Å². The zero-order chi connectivity index (χ0) is 23.8. The number of carbonyl (C=O) groups is 1. The van der Waals surface area contributed by atoms with Crippen molar-refractivity contribution < 1.29 is 22.0 Å². The van der Waals surface area contributed by atoms with Crippen molar-refractivity contribution >= 4 is 32.9 Å². The summed E-state index contributed by atoms with van der Waals surface area (Å²) in [6.45, 7) is 3.87. The van der Waals surface area contributed by atoms with Crippen LogP contribution >= 0.6 is 0 Å². The van der Waals surface area contributed by atoms with Crippen LogP contribution in [0.25, 0.3) is 11.1 Å². The Balaban J connectivity index is 1.66. The van der Waals surface area contributed by atoms with Crippen LogP contribution in [0.3, 0.4) is 0 Å². The Hall–Kier alpha value is -3.52. The number of amides is 1. The van der Waals surface area contributed by atoms with Gasteiger partial charge in [0.2, 0.25) is 5.91 Å². The van der Waals surface area contributed by atoms with Crippen molar-refractivity contribution in [2.24, 2.45) is 0 Å². The normalized spacial score (nSPS) is 12.6. The van der Waals surface area contributed by atoms with Crippen LogP contribution in [0.5, 0.6) is 0 Å². The summed E-state index contributed by atoms with van der Waals surface area (Å²) in [6.07, 6.45) is 1.41. The van der Waals surface area contributed by atoms with Gasteiger partial charge in [-0.2, -0.15) is 4.98 Å². The van der Waals surface area contributed by atoms with E-state index in [1.807, 2.05) is 26.0 Å². The van der Waals surface area contributed by atoms with Gasteiger partial charge in [-0.05, 0) is 72.9 Å². The summed E-state index contributed by atoms with van der Waals surface area (Å²) in [6, 6.07) is 16.0. The van der Waals surface area contributed by atoms with Crippen LogP contribution in [-0.2, 0) is 21.1 Å². The summed E-state index contributed by atoms with van der Waals surface area (Å²) < 4.78 is 42.7. The standard InChI is InChI=1S/C25H23FN2O4S/c1-15-12-16(2)23-22(13-15)27-25(32-23)28-24(29)21(14-17-4-8-19(26)9-5-17)18-6-10-20(11-7-18)33(3,30)31/h4-13,21H,14H2,1-3H3,(H,27,28,29). The van der Waals surface area contributed by atoms with Gasteiger partial charge in [-0.25, -0.2) is 12.8 Å². The molecule has 0 fully saturated rings.